The molecule has 0 aromatic heterocycles. The van der Waals surface area contributed by atoms with Crippen molar-refractivity contribution in [3.05, 3.63) is 96.1 Å². The van der Waals surface area contributed by atoms with Gasteiger partial charge in [-0.05, 0) is 47.7 Å². The third-order valence-electron chi connectivity index (χ3n) is 5.72. The number of carbonyl (C=O) groups excluding carboxylic acids is 2. The summed E-state index contributed by atoms with van der Waals surface area (Å²) < 4.78 is 5.58. The predicted octanol–water partition coefficient (Wildman–Crippen LogP) is 6.74. The summed E-state index contributed by atoms with van der Waals surface area (Å²) in [6.07, 6.45) is 8.53. The highest BCUT2D eigenvalue weighted by Gasteiger charge is 2.22. The highest BCUT2D eigenvalue weighted by atomic mass is 16.5. The van der Waals surface area contributed by atoms with Crippen LogP contribution in [0.15, 0.2) is 84.9 Å². The van der Waals surface area contributed by atoms with Gasteiger partial charge in [0.05, 0.1) is 5.92 Å². The van der Waals surface area contributed by atoms with E-state index in [1.807, 2.05) is 66.7 Å². The van der Waals surface area contributed by atoms with Crippen molar-refractivity contribution in [2.24, 2.45) is 5.92 Å². The Balaban J connectivity index is 1.39. The van der Waals surface area contributed by atoms with Crippen LogP contribution < -0.4 is 4.74 Å². The van der Waals surface area contributed by atoms with E-state index in [1.54, 1.807) is 24.3 Å². The summed E-state index contributed by atoms with van der Waals surface area (Å²) in [6, 6.07) is 25.0. The lowest BCUT2D eigenvalue weighted by Gasteiger charge is -2.19. The summed E-state index contributed by atoms with van der Waals surface area (Å²) >= 11 is 0. The Kier molecular flexibility index (Phi) is 6.73. The molecule has 1 saturated carbocycles. The van der Waals surface area contributed by atoms with Crippen molar-refractivity contribution in [3.63, 3.8) is 0 Å². The van der Waals surface area contributed by atoms with Gasteiger partial charge in [0.2, 0.25) is 0 Å². The van der Waals surface area contributed by atoms with Crippen molar-refractivity contribution >= 4 is 17.8 Å². The molecular formula is C28H26O3. The largest absolute Gasteiger partial charge is 0.426 e. The Morgan fingerprint density at radius 2 is 1.48 bits per heavy atom. The maximum atomic E-state index is 12.6. The molecule has 0 radical (unpaired) electrons. The minimum atomic E-state index is -0.143. The van der Waals surface area contributed by atoms with Crippen LogP contribution in [0.1, 0.15) is 48.0 Å². The first-order valence-corrected chi connectivity index (χ1v) is 10.9. The fourth-order valence-corrected chi connectivity index (χ4v) is 3.95. The van der Waals surface area contributed by atoms with Crippen molar-refractivity contribution in [1.82, 2.24) is 0 Å². The summed E-state index contributed by atoms with van der Waals surface area (Å²) in [4.78, 5) is 24.9. The number of esters is 1. The number of ketones is 1. The normalized spacial score (nSPS) is 14.5. The quantitative estimate of drug-likeness (QED) is 0.196. The standard InChI is InChI=1S/C28H26O3/c29-27(24-17-15-23(16-18-24)22-9-3-1-4-10-22)19-14-21-8-7-13-26(20-21)31-28(30)25-11-5-2-6-12-25/h1,3-4,7-10,13-20,25H,2,5-6,11-12H2/b19-14+. The zero-order chi connectivity index (χ0) is 21.5. The minimum Gasteiger partial charge on any atom is -0.426 e. The van der Waals surface area contributed by atoms with Gasteiger partial charge in [-0.3, -0.25) is 9.59 Å². The molecule has 0 N–H and O–H groups in total. The van der Waals surface area contributed by atoms with Gasteiger partial charge in [-0.1, -0.05) is 92.1 Å². The first-order chi connectivity index (χ1) is 15.2. The second-order valence-electron chi connectivity index (χ2n) is 7.97. The van der Waals surface area contributed by atoms with Crippen molar-refractivity contribution in [2.45, 2.75) is 32.1 Å². The zero-order valence-corrected chi connectivity index (χ0v) is 17.5. The molecule has 0 amide bonds. The molecule has 0 unspecified atom stereocenters. The van der Waals surface area contributed by atoms with E-state index in [0.717, 1.165) is 42.4 Å². The number of carbonyl (C=O) groups is 2. The molecule has 31 heavy (non-hydrogen) atoms. The third kappa shape index (κ3) is 5.58. The van der Waals surface area contributed by atoms with Gasteiger partial charge >= 0.3 is 5.97 Å². The number of rotatable bonds is 6. The molecule has 156 valence electrons. The summed E-state index contributed by atoms with van der Waals surface area (Å²) in [7, 11) is 0. The molecule has 3 nitrogen and oxygen atoms in total. The van der Waals surface area contributed by atoms with Crippen LogP contribution in [0, 0.1) is 5.92 Å². The molecule has 1 aliphatic carbocycles. The molecule has 1 aliphatic rings. The predicted molar refractivity (Wildman–Crippen MR) is 124 cm³/mol. The number of hydrogen-bond donors (Lipinski definition) is 0. The van der Waals surface area contributed by atoms with E-state index in [1.165, 1.54) is 6.42 Å². The number of allylic oxidation sites excluding steroid dienone is 1. The Hall–Kier alpha value is -3.46. The SMILES string of the molecule is O=C(/C=C/c1cccc(OC(=O)C2CCCCC2)c1)c1ccc(-c2ccccc2)cc1. The van der Waals surface area contributed by atoms with E-state index < -0.39 is 0 Å². The van der Waals surface area contributed by atoms with E-state index in [0.29, 0.717) is 11.3 Å². The number of benzene rings is 3. The second kappa shape index (κ2) is 10.0. The lowest BCUT2D eigenvalue weighted by molar-refractivity contribution is -0.139. The van der Waals surface area contributed by atoms with Crippen molar-refractivity contribution in [3.8, 4) is 16.9 Å². The van der Waals surface area contributed by atoms with Crippen molar-refractivity contribution < 1.29 is 14.3 Å². The van der Waals surface area contributed by atoms with E-state index >= 15 is 0 Å². The monoisotopic (exact) mass is 410 g/mol. The fourth-order valence-electron chi connectivity index (χ4n) is 3.95. The van der Waals surface area contributed by atoms with Crippen LogP contribution in [0.3, 0.4) is 0 Å². The van der Waals surface area contributed by atoms with Crippen LogP contribution in [0.4, 0.5) is 0 Å². The highest BCUT2D eigenvalue weighted by molar-refractivity contribution is 6.07. The van der Waals surface area contributed by atoms with E-state index in [2.05, 4.69) is 0 Å². The third-order valence-corrected chi connectivity index (χ3v) is 5.72. The molecule has 0 spiro atoms. The van der Waals surface area contributed by atoms with Gasteiger partial charge in [-0.2, -0.15) is 0 Å². The zero-order valence-electron chi connectivity index (χ0n) is 17.5. The molecule has 0 aliphatic heterocycles. The average molecular weight is 411 g/mol. The second-order valence-corrected chi connectivity index (χ2v) is 7.97. The molecule has 0 heterocycles. The summed E-state index contributed by atoms with van der Waals surface area (Å²) in [5, 5.41) is 0. The van der Waals surface area contributed by atoms with E-state index in [-0.39, 0.29) is 17.7 Å². The Labute approximate surface area is 183 Å². The summed E-state index contributed by atoms with van der Waals surface area (Å²) in [5.74, 6) is 0.324. The number of ether oxygens (including phenoxy) is 1. The molecule has 3 heteroatoms. The van der Waals surface area contributed by atoms with E-state index in [9.17, 15) is 9.59 Å². The molecule has 0 atom stereocenters. The number of hydrogen-bond acceptors (Lipinski definition) is 3. The first-order valence-electron chi connectivity index (χ1n) is 10.9. The molecular weight excluding hydrogens is 384 g/mol. The Bertz CT molecular complexity index is 1060. The molecule has 3 aromatic rings. The van der Waals surface area contributed by atoms with Gasteiger partial charge in [-0.25, -0.2) is 0 Å². The Morgan fingerprint density at radius 1 is 0.774 bits per heavy atom. The molecule has 0 saturated heterocycles. The van der Waals surface area contributed by atoms with Crippen LogP contribution in [-0.4, -0.2) is 11.8 Å². The van der Waals surface area contributed by atoms with Crippen LogP contribution in [0.5, 0.6) is 5.75 Å². The van der Waals surface area contributed by atoms with Crippen LogP contribution >= 0.6 is 0 Å². The van der Waals surface area contributed by atoms with Gasteiger partial charge in [0.15, 0.2) is 5.78 Å². The van der Waals surface area contributed by atoms with Gasteiger partial charge < -0.3 is 4.74 Å². The topological polar surface area (TPSA) is 43.4 Å². The lowest BCUT2D eigenvalue weighted by Crippen LogP contribution is -2.22. The fraction of sp³-hybridized carbons (Fsp3) is 0.214. The lowest BCUT2D eigenvalue weighted by atomic mass is 9.89. The molecule has 0 bridgehead atoms. The molecule has 4 rings (SSSR count). The van der Waals surface area contributed by atoms with Crippen LogP contribution in [-0.2, 0) is 4.79 Å². The van der Waals surface area contributed by atoms with Crippen molar-refractivity contribution in [2.75, 3.05) is 0 Å². The maximum absolute atomic E-state index is 12.6. The van der Waals surface area contributed by atoms with Crippen molar-refractivity contribution in [1.29, 1.82) is 0 Å². The van der Waals surface area contributed by atoms with Gasteiger partial charge in [0, 0.05) is 5.56 Å². The highest BCUT2D eigenvalue weighted by Crippen LogP contribution is 2.26. The Morgan fingerprint density at radius 3 is 2.23 bits per heavy atom. The molecule has 1 fully saturated rings. The summed E-state index contributed by atoms with van der Waals surface area (Å²) in [5.41, 5.74) is 3.66. The minimum absolute atomic E-state index is 0.00776. The molecule has 3 aromatic carbocycles. The maximum Gasteiger partial charge on any atom is 0.314 e. The van der Waals surface area contributed by atoms with Crippen LogP contribution in [0.25, 0.3) is 17.2 Å². The first kappa shape index (κ1) is 20.8. The summed E-state index contributed by atoms with van der Waals surface area (Å²) in [6.45, 7) is 0. The van der Waals surface area contributed by atoms with Crippen LogP contribution in [0.2, 0.25) is 0 Å². The van der Waals surface area contributed by atoms with Gasteiger partial charge in [0.1, 0.15) is 5.75 Å². The van der Waals surface area contributed by atoms with E-state index in [4.69, 9.17) is 4.74 Å². The van der Waals surface area contributed by atoms with Gasteiger partial charge in [-0.15, -0.1) is 0 Å². The van der Waals surface area contributed by atoms with Gasteiger partial charge in [0.25, 0.3) is 0 Å². The smallest absolute Gasteiger partial charge is 0.314 e. The average Bonchev–Trinajstić information content (AvgIpc) is 2.84.